The summed E-state index contributed by atoms with van der Waals surface area (Å²) in [7, 11) is -1.56. The van der Waals surface area contributed by atoms with Crippen LogP contribution in [-0.2, 0) is 15.4 Å². The van der Waals surface area contributed by atoms with Crippen LogP contribution in [0, 0.1) is 6.92 Å². The van der Waals surface area contributed by atoms with Crippen LogP contribution in [0.4, 0.5) is 4.39 Å². The van der Waals surface area contributed by atoms with Crippen molar-refractivity contribution in [3.63, 3.8) is 0 Å². The van der Waals surface area contributed by atoms with E-state index in [1.807, 2.05) is 0 Å². The van der Waals surface area contributed by atoms with Crippen LogP contribution in [0.25, 0.3) is 0 Å². The molecular weight excluding hydrogens is 302 g/mol. The molecule has 0 aromatic heterocycles. The molecular formula is C11H11Cl2FO3S. The normalized spacial score (nSPS) is 13.4. The smallest absolute Gasteiger partial charge is 0.335 e. The van der Waals surface area contributed by atoms with Gasteiger partial charge in [0, 0.05) is 11.3 Å². The zero-order chi connectivity index (χ0) is 14.1. The van der Waals surface area contributed by atoms with Crippen molar-refractivity contribution in [2.45, 2.75) is 23.3 Å². The predicted molar refractivity (Wildman–Crippen MR) is 69.6 cm³/mol. The second kappa shape index (κ2) is 5.55. The molecule has 0 aliphatic heterocycles. The summed E-state index contributed by atoms with van der Waals surface area (Å²) in [5.41, 5.74) is -0.00911. The Morgan fingerprint density at radius 1 is 1.50 bits per heavy atom. The average molecular weight is 313 g/mol. The van der Waals surface area contributed by atoms with Crippen LogP contribution in [0.1, 0.15) is 28.4 Å². The molecule has 0 amide bonds. The quantitative estimate of drug-likeness (QED) is 0.867. The van der Waals surface area contributed by atoms with Gasteiger partial charge in [0.05, 0.1) is 21.3 Å². The van der Waals surface area contributed by atoms with E-state index in [0.717, 1.165) is 6.07 Å². The van der Waals surface area contributed by atoms with Crippen molar-refractivity contribution in [3.05, 3.63) is 28.8 Å². The zero-order valence-corrected chi connectivity index (χ0v) is 12.0. The van der Waals surface area contributed by atoms with Gasteiger partial charge < -0.3 is 5.11 Å². The Bertz CT molecular complexity index is 512. The third-order valence-corrected chi connectivity index (χ3v) is 4.34. The monoisotopic (exact) mass is 312 g/mol. The number of benzene rings is 1. The molecule has 18 heavy (non-hydrogen) atoms. The molecule has 0 unspecified atom stereocenters. The van der Waals surface area contributed by atoms with E-state index in [-0.39, 0.29) is 27.3 Å². The van der Waals surface area contributed by atoms with Crippen LogP contribution in [0.15, 0.2) is 17.0 Å². The molecule has 7 heteroatoms. The number of carbonyl (C=O) groups is 1. The highest BCUT2D eigenvalue weighted by atomic mass is 35.5. The molecule has 1 aromatic rings. The predicted octanol–water partition coefficient (Wildman–Crippen LogP) is 3.38. The summed E-state index contributed by atoms with van der Waals surface area (Å²) in [6.45, 7) is 3.09. The van der Waals surface area contributed by atoms with Crippen LogP contribution in [0.5, 0.6) is 0 Å². The first kappa shape index (κ1) is 15.4. The Balaban J connectivity index is 3.62. The van der Waals surface area contributed by atoms with Gasteiger partial charge in [0.15, 0.2) is 0 Å². The summed E-state index contributed by atoms with van der Waals surface area (Å²) in [5, 5.41) is 8.98. The van der Waals surface area contributed by atoms with Gasteiger partial charge in [-0.3, -0.25) is 4.21 Å². The Morgan fingerprint density at radius 3 is 2.44 bits per heavy atom. The molecule has 1 rings (SSSR count). The SMILES string of the molecule is CC[S@](=O)c1c(C(F)(Cl)Cl)ccc(C(=O)O)c1C. The molecule has 0 saturated carbocycles. The third kappa shape index (κ3) is 3.02. The molecule has 0 spiro atoms. The summed E-state index contributed by atoms with van der Waals surface area (Å²) in [5.74, 6) is -0.970. The van der Waals surface area contributed by atoms with Crippen molar-refractivity contribution in [2.75, 3.05) is 5.75 Å². The largest absolute Gasteiger partial charge is 0.478 e. The molecule has 3 nitrogen and oxygen atoms in total. The summed E-state index contributed by atoms with van der Waals surface area (Å²) in [4.78, 5) is 11.0. The highest BCUT2D eigenvalue weighted by molar-refractivity contribution is 7.85. The minimum absolute atomic E-state index is 0.0462. The first-order valence-corrected chi connectivity index (χ1v) is 7.10. The molecule has 100 valence electrons. The molecule has 0 bridgehead atoms. The number of aromatic carboxylic acids is 1. The van der Waals surface area contributed by atoms with Gasteiger partial charge in [-0.15, -0.1) is 0 Å². The fourth-order valence-electron chi connectivity index (χ4n) is 1.58. The summed E-state index contributed by atoms with van der Waals surface area (Å²) in [6.07, 6.45) is 0. The molecule has 0 aliphatic carbocycles. The molecule has 0 heterocycles. The Labute approximate surface area is 116 Å². The van der Waals surface area contributed by atoms with E-state index in [0.29, 0.717) is 0 Å². The second-order valence-corrected chi connectivity index (χ2v) is 6.46. The van der Waals surface area contributed by atoms with E-state index >= 15 is 0 Å². The van der Waals surface area contributed by atoms with Crippen molar-refractivity contribution >= 4 is 40.0 Å². The molecule has 0 fully saturated rings. The van der Waals surface area contributed by atoms with Gasteiger partial charge in [-0.25, -0.2) is 9.18 Å². The van der Waals surface area contributed by atoms with Crippen molar-refractivity contribution < 1.29 is 18.5 Å². The lowest BCUT2D eigenvalue weighted by Gasteiger charge is -2.17. The topological polar surface area (TPSA) is 54.4 Å². The third-order valence-electron chi connectivity index (χ3n) is 2.43. The van der Waals surface area contributed by atoms with E-state index in [2.05, 4.69) is 0 Å². The summed E-state index contributed by atoms with van der Waals surface area (Å²) >= 11 is 10.8. The second-order valence-electron chi connectivity index (χ2n) is 3.55. The molecule has 0 saturated heterocycles. The highest BCUT2D eigenvalue weighted by Crippen LogP contribution is 2.40. The maximum absolute atomic E-state index is 13.6. The molecule has 1 N–H and O–H groups in total. The number of rotatable bonds is 4. The molecule has 1 aromatic carbocycles. The molecule has 1 atom stereocenters. The minimum atomic E-state index is -2.71. The van der Waals surface area contributed by atoms with Crippen molar-refractivity contribution in [2.24, 2.45) is 0 Å². The first-order valence-electron chi connectivity index (χ1n) is 5.02. The van der Waals surface area contributed by atoms with Gasteiger partial charge in [0.2, 0.25) is 0 Å². The highest BCUT2D eigenvalue weighted by Gasteiger charge is 2.32. The lowest BCUT2D eigenvalue weighted by Crippen LogP contribution is -2.13. The van der Waals surface area contributed by atoms with Gasteiger partial charge in [-0.1, -0.05) is 36.2 Å². The number of hydrogen-bond donors (Lipinski definition) is 1. The summed E-state index contributed by atoms with van der Waals surface area (Å²) in [6, 6.07) is 2.35. The van der Waals surface area contributed by atoms with E-state index in [1.165, 1.54) is 13.0 Å². The molecule has 0 radical (unpaired) electrons. The minimum Gasteiger partial charge on any atom is -0.478 e. The van der Waals surface area contributed by atoms with Crippen molar-refractivity contribution in [1.29, 1.82) is 0 Å². The number of halogens is 3. The van der Waals surface area contributed by atoms with E-state index in [9.17, 15) is 13.4 Å². The van der Waals surface area contributed by atoms with Gasteiger partial charge in [0.1, 0.15) is 0 Å². The van der Waals surface area contributed by atoms with E-state index < -0.39 is 21.4 Å². The lowest BCUT2D eigenvalue weighted by atomic mass is 10.1. The number of alkyl halides is 3. The van der Waals surface area contributed by atoms with Crippen LogP contribution in [0.3, 0.4) is 0 Å². The van der Waals surface area contributed by atoms with Crippen LogP contribution < -0.4 is 0 Å². The fourth-order valence-corrected chi connectivity index (χ4v) is 3.21. The van der Waals surface area contributed by atoms with Gasteiger partial charge >= 0.3 is 5.97 Å². The van der Waals surface area contributed by atoms with Crippen LogP contribution in [0.2, 0.25) is 0 Å². The van der Waals surface area contributed by atoms with Gasteiger partial charge in [-0.2, -0.15) is 0 Å². The Kier molecular flexibility index (Phi) is 4.75. The first-order chi connectivity index (χ1) is 8.20. The van der Waals surface area contributed by atoms with Crippen molar-refractivity contribution in [1.82, 2.24) is 0 Å². The number of carboxylic acid groups (broad SMARTS) is 1. The summed E-state index contributed by atoms with van der Waals surface area (Å²) < 4.78 is 22.8. The fraction of sp³-hybridized carbons (Fsp3) is 0.364. The van der Waals surface area contributed by atoms with Crippen LogP contribution >= 0.6 is 23.2 Å². The Hall–Kier alpha value is -0.650. The van der Waals surface area contributed by atoms with Crippen LogP contribution in [-0.4, -0.2) is 21.0 Å². The van der Waals surface area contributed by atoms with Gasteiger partial charge in [-0.05, 0) is 18.6 Å². The standard InChI is InChI=1S/C11H11Cl2FO3S/c1-3-18(17)9-6(2)7(10(15)16)4-5-8(9)11(12,13)14/h4-5H,3H2,1-2H3,(H,15,16)/t18-/m0/s1. The van der Waals surface area contributed by atoms with E-state index in [4.69, 9.17) is 28.3 Å². The average Bonchev–Trinajstić information content (AvgIpc) is 2.25. The van der Waals surface area contributed by atoms with Gasteiger partial charge in [0.25, 0.3) is 4.59 Å². The maximum atomic E-state index is 13.6. The maximum Gasteiger partial charge on any atom is 0.335 e. The zero-order valence-electron chi connectivity index (χ0n) is 9.67. The number of carboxylic acids is 1. The molecule has 0 aliphatic rings. The van der Waals surface area contributed by atoms with E-state index in [1.54, 1.807) is 6.92 Å². The lowest BCUT2D eigenvalue weighted by molar-refractivity contribution is 0.0695. The Morgan fingerprint density at radius 2 is 2.06 bits per heavy atom. The number of hydrogen-bond acceptors (Lipinski definition) is 2. The van der Waals surface area contributed by atoms with Crippen molar-refractivity contribution in [3.8, 4) is 0 Å².